The number of nitrogens with zero attached hydrogens (tertiary/aromatic N) is 2. The number of rotatable bonds is 6. The first-order chi connectivity index (χ1) is 16.9. The zero-order chi connectivity index (χ0) is 24.5. The van der Waals surface area contributed by atoms with Crippen LogP contribution in [-0.2, 0) is 17.9 Å². The number of amides is 1. The largest absolute Gasteiger partial charge is 0.454 e. The molecule has 9 nitrogen and oxygen atoms in total. The minimum Gasteiger partial charge on any atom is -0.454 e. The molecule has 0 saturated carbocycles. The van der Waals surface area contributed by atoms with E-state index in [9.17, 15) is 19.2 Å². The molecule has 1 aliphatic rings. The van der Waals surface area contributed by atoms with Crippen LogP contribution >= 0.6 is 0 Å². The third-order valence-electron chi connectivity index (χ3n) is 5.79. The molecule has 4 aromatic rings. The lowest BCUT2D eigenvalue weighted by Crippen LogP contribution is -2.42. The number of ketones is 1. The van der Waals surface area contributed by atoms with Gasteiger partial charge in [-0.2, -0.15) is 0 Å². The maximum absolute atomic E-state index is 13.4. The molecule has 176 valence electrons. The van der Waals surface area contributed by atoms with E-state index in [1.807, 2.05) is 0 Å². The van der Waals surface area contributed by atoms with E-state index in [0.717, 1.165) is 4.57 Å². The smallest absolute Gasteiger partial charge is 0.332 e. The topological polar surface area (TPSA) is 109 Å². The summed E-state index contributed by atoms with van der Waals surface area (Å²) in [4.78, 5) is 50.9. The highest BCUT2D eigenvalue weighted by Crippen LogP contribution is 2.32. The highest BCUT2D eigenvalue weighted by Gasteiger charge is 2.18. The lowest BCUT2D eigenvalue weighted by molar-refractivity contribution is -0.116. The van der Waals surface area contributed by atoms with Crippen molar-refractivity contribution in [3.63, 3.8) is 0 Å². The van der Waals surface area contributed by atoms with E-state index >= 15 is 0 Å². The second kappa shape index (κ2) is 8.94. The molecule has 3 aromatic carbocycles. The summed E-state index contributed by atoms with van der Waals surface area (Å²) in [6.45, 7) is 1.29. The Labute approximate surface area is 199 Å². The number of benzene rings is 3. The summed E-state index contributed by atoms with van der Waals surface area (Å²) >= 11 is 0. The van der Waals surface area contributed by atoms with Crippen molar-refractivity contribution in [2.45, 2.75) is 20.0 Å². The van der Waals surface area contributed by atoms with Gasteiger partial charge in [0.15, 0.2) is 17.3 Å². The van der Waals surface area contributed by atoms with Gasteiger partial charge < -0.3 is 14.8 Å². The lowest BCUT2D eigenvalue weighted by Gasteiger charge is -2.14. The Balaban J connectivity index is 1.49. The maximum Gasteiger partial charge on any atom is 0.332 e. The van der Waals surface area contributed by atoms with Crippen LogP contribution in [-0.4, -0.2) is 27.6 Å². The van der Waals surface area contributed by atoms with Gasteiger partial charge in [0.1, 0.15) is 6.54 Å². The first kappa shape index (κ1) is 22.1. The third-order valence-corrected chi connectivity index (χ3v) is 5.79. The first-order valence-corrected chi connectivity index (χ1v) is 10.9. The number of hydrogen-bond donors (Lipinski definition) is 1. The number of hydrogen-bond acceptors (Lipinski definition) is 6. The van der Waals surface area contributed by atoms with Crippen LogP contribution in [0.4, 0.5) is 5.69 Å². The van der Waals surface area contributed by atoms with Crippen molar-refractivity contribution in [1.82, 2.24) is 9.13 Å². The molecular weight excluding hydrogens is 450 g/mol. The van der Waals surface area contributed by atoms with Gasteiger partial charge in [-0.1, -0.05) is 18.2 Å². The standard InChI is InChI=1S/C26H21N3O6/c1-16(30)18-7-9-19(10-8-18)27-24(31)14-28-21-5-3-2-4-20(21)25(32)29(26(28)33)13-17-6-11-22-23(12-17)35-15-34-22/h2-12H,13-15H2,1H3,(H,27,31). The molecule has 0 spiro atoms. The van der Waals surface area contributed by atoms with Crippen LogP contribution in [0.2, 0.25) is 0 Å². The van der Waals surface area contributed by atoms with E-state index in [4.69, 9.17) is 9.47 Å². The second-order valence-corrected chi connectivity index (χ2v) is 8.15. The number of nitrogens with one attached hydrogen (secondary N) is 1. The van der Waals surface area contributed by atoms with Crippen molar-refractivity contribution in [3.05, 3.63) is 98.7 Å². The molecule has 1 N–H and O–H groups in total. The van der Waals surface area contributed by atoms with Crippen LogP contribution in [0.5, 0.6) is 11.5 Å². The molecule has 0 bridgehead atoms. The molecule has 1 aromatic heterocycles. The summed E-state index contributed by atoms with van der Waals surface area (Å²) in [5.74, 6) is 0.628. The van der Waals surface area contributed by atoms with E-state index in [-0.39, 0.29) is 25.7 Å². The lowest BCUT2D eigenvalue weighted by atomic mass is 10.1. The summed E-state index contributed by atoms with van der Waals surface area (Å²) in [5, 5.41) is 3.06. The highest BCUT2D eigenvalue weighted by molar-refractivity contribution is 5.95. The Hall–Kier alpha value is -4.66. The number of carbonyl (C=O) groups excluding carboxylic acids is 2. The monoisotopic (exact) mass is 471 g/mol. The zero-order valence-electron chi connectivity index (χ0n) is 18.8. The average Bonchev–Trinajstić information content (AvgIpc) is 3.33. The van der Waals surface area contributed by atoms with Crippen molar-refractivity contribution >= 4 is 28.3 Å². The minimum absolute atomic E-state index is 0.00721. The molecule has 1 amide bonds. The van der Waals surface area contributed by atoms with Gasteiger partial charge in [-0.05, 0) is 61.0 Å². The SMILES string of the molecule is CC(=O)c1ccc(NC(=O)Cn2c(=O)n(Cc3ccc4c(c3)OCO4)c(=O)c3ccccc32)cc1. The molecule has 0 fully saturated rings. The number of ether oxygens (including phenoxy) is 2. The van der Waals surface area contributed by atoms with Crippen LogP contribution in [0, 0.1) is 0 Å². The van der Waals surface area contributed by atoms with Crippen molar-refractivity contribution in [2.75, 3.05) is 12.1 Å². The number of para-hydroxylation sites is 1. The molecule has 0 unspecified atom stereocenters. The first-order valence-electron chi connectivity index (χ1n) is 10.9. The van der Waals surface area contributed by atoms with Crippen molar-refractivity contribution in [2.24, 2.45) is 0 Å². The second-order valence-electron chi connectivity index (χ2n) is 8.15. The fourth-order valence-corrected chi connectivity index (χ4v) is 4.02. The predicted octanol–water partition coefficient (Wildman–Crippen LogP) is 2.78. The summed E-state index contributed by atoms with van der Waals surface area (Å²) in [6, 6.07) is 18.4. The fraction of sp³-hybridized carbons (Fsp3) is 0.154. The van der Waals surface area contributed by atoms with Crippen molar-refractivity contribution < 1.29 is 19.1 Å². The van der Waals surface area contributed by atoms with E-state index in [2.05, 4.69) is 5.32 Å². The van der Waals surface area contributed by atoms with Gasteiger partial charge >= 0.3 is 5.69 Å². The van der Waals surface area contributed by atoms with E-state index in [0.29, 0.717) is 39.2 Å². The molecule has 0 saturated heterocycles. The number of fused-ring (bicyclic) bond motifs is 2. The fourth-order valence-electron chi connectivity index (χ4n) is 4.02. The van der Waals surface area contributed by atoms with Gasteiger partial charge in [-0.15, -0.1) is 0 Å². The van der Waals surface area contributed by atoms with Gasteiger partial charge in [0.25, 0.3) is 5.56 Å². The Kier molecular flexibility index (Phi) is 5.66. The molecule has 0 aliphatic carbocycles. The molecule has 0 radical (unpaired) electrons. The van der Waals surface area contributed by atoms with Crippen LogP contribution in [0.3, 0.4) is 0 Å². The predicted molar refractivity (Wildman–Crippen MR) is 129 cm³/mol. The van der Waals surface area contributed by atoms with Crippen LogP contribution in [0.25, 0.3) is 10.9 Å². The normalized spacial score (nSPS) is 12.0. The third kappa shape index (κ3) is 4.31. The molecule has 0 atom stereocenters. The van der Waals surface area contributed by atoms with E-state index in [1.165, 1.54) is 11.5 Å². The molecule has 9 heteroatoms. The van der Waals surface area contributed by atoms with Crippen LogP contribution < -0.4 is 26.0 Å². The van der Waals surface area contributed by atoms with Gasteiger partial charge in [-0.3, -0.25) is 23.5 Å². The summed E-state index contributed by atoms with van der Waals surface area (Å²) in [5.41, 5.74) is 1.02. The molecular formula is C26H21N3O6. The number of Topliss-reactive ketones (excluding diaryl/α,β-unsaturated/α-hetero) is 1. The highest BCUT2D eigenvalue weighted by atomic mass is 16.7. The molecule has 5 rings (SSSR count). The van der Waals surface area contributed by atoms with Gasteiger partial charge in [0.05, 0.1) is 17.4 Å². The van der Waals surface area contributed by atoms with E-state index < -0.39 is 17.2 Å². The van der Waals surface area contributed by atoms with Crippen molar-refractivity contribution in [1.29, 1.82) is 0 Å². The number of anilines is 1. The quantitative estimate of drug-likeness (QED) is 0.433. The maximum atomic E-state index is 13.4. The van der Waals surface area contributed by atoms with Gasteiger partial charge in [0, 0.05) is 11.3 Å². The Bertz CT molecular complexity index is 1580. The Morgan fingerprint density at radius 3 is 2.43 bits per heavy atom. The minimum atomic E-state index is -0.603. The van der Waals surface area contributed by atoms with Gasteiger partial charge in [-0.25, -0.2) is 4.79 Å². The summed E-state index contributed by atoms with van der Waals surface area (Å²) in [6.07, 6.45) is 0. The Morgan fingerprint density at radius 1 is 0.914 bits per heavy atom. The number of carbonyl (C=O) groups is 2. The number of aromatic nitrogens is 2. The van der Waals surface area contributed by atoms with Crippen LogP contribution in [0.15, 0.2) is 76.3 Å². The molecule has 2 heterocycles. The Morgan fingerprint density at radius 2 is 1.66 bits per heavy atom. The zero-order valence-corrected chi connectivity index (χ0v) is 18.8. The molecule has 1 aliphatic heterocycles. The average molecular weight is 471 g/mol. The van der Waals surface area contributed by atoms with Crippen molar-refractivity contribution in [3.8, 4) is 11.5 Å². The summed E-state index contributed by atoms with van der Waals surface area (Å²) in [7, 11) is 0. The molecule has 35 heavy (non-hydrogen) atoms. The van der Waals surface area contributed by atoms with Gasteiger partial charge in [0.2, 0.25) is 12.7 Å². The van der Waals surface area contributed by atoms with E-state index in [1.54, 1.807) is 66.7 Å². The van der Waals surface area contributed by atoms with Crippen LogP contribution in [0.1, 0.15) is 22.8 Å². The summed E-state index contributed by atoms with van der Waals surface area (Å²) < 4.78 is 13.1.